The highest BCUT2D eigenvalue weighted by Gasteiger charge is 2.41. The van der Waals surface area contributed by atoms with Crippen LogP contribution in [0.15, 0.2) is 65.7 Å². The Kier molecular flexibility index (Phi) is 3.11. The van der Waals surface area contributed by atoms with Gasteiger partial charge < -0.3 is 4.74 Å². The summed E-state index contributed by atoms with van der Waals surface area (Å²) in [5.41, 5.74) is 1.06. The third-order valence-corrected chi connectivity index (χ3v) is 3.39. The first-order valence-electron chi connectivity index (χ1n) is 6.59. The Morgan fingerprint density at radius 3 is 2.25 bits per heavy atom. The second-order valence-corrected chi connectivity index (χ2v) is 5.11. The van der Waals surface area contributed by atoms with Gasteiger partial charge in [0.2, 0.25) is 5.90 Å². The Labute approximate surface area is 117 Å². The molecular weight excluding hydrogens is 250 g/mol. The van der Waals surface area contributed by atoms with E-state index in [1.165, 1.54) is 0 Å². The summed E-state index contributed by atoms with van der Waals surface area (Å²) >= 11 is 0. The predicted molar refractivity (Wildman–Crippen MR) is 77.6 cm³/mol. The smallest absolute Gasteiger partial charge is 0.340 e. The zero-order valence-electron chi connectivity index (χ0n) is 11.2. The summed E-state index contributed by atoms with van der Waals surface area (Å²) < 4.78 is 5.35. The van der Waals surface area contributed by atoms with Crippen LogP contribution >= 0.6 is 0 Å². The quantitative estimate of drug-likeness (QED) is 0.800. The molecule has 0 amide bonds. The molecule has 0 N–H and O–H groups in total. The van der Waals surface area contributed by atoms with Gasteiger partial charge in [-0.15, -0.1) is 0 Å². The Hall–Kier alpha value is -2.42. The molecule has 100 valence electrons. The molecule has 0 aliphatic carbocycles. The summed E-state index contributed by atoms with van der Waals surface area (Å²) in [6, 6.07) is 19.4. The van der Waals surface area contributed by atoms with Crippen LogP contribution in [0.5, 0.6) is 0 Å². The van der Waals surface area contributed by atoms with Crippen molar-refractivity contribution in [2.45, 2.75) is 18.9 Å². The maximum Gasteiger partial charge on any atom is 0.340 e. The minimum absolute atomic E-state index is 0.291. The number of rotatable bonds is 3. The number of cyclic esters (lactones) is 1. The molecule has 20 heavy (non-hydrogen) atoms. The van der Waals surface area contributed by atoms with Crippen LogP contribution in [0, 0.1) is 0 Å². The van der Waals surface area contributed by atoms with Crippen molar-refractivity contribution in [2.24, 2.45) is 4.99 Å². The number of aliphatic imine (C=N–C) groups is 1. The van der Waals surface area contributed by atoms with E-state index in [9.17, 15) is 4.79 Å². The minimum Gasteiger partial charge on any atom is -0.405 e. The monoisotopic (exact) mass is 265 g/mol. The number of hydrogen-bond acceptors (Lipinski definition) is 3. The van der Waals surface area contributed by atoms with Crippen LogP contribution in [0.2, 0.25) is 0 Å². The number of carbonyl (C=O) groups is 1. The van der Waals surface area contributed by atoms with E-state index in [1.54, 1.807) is 0 Å². The Morgan fingerprint density at radius 1 is 1.00 bits per heavy atom. The number of ether oxygens (including phenoxy) is 1. The van der Waals surface area contributed by atoms with Gasteiger partial charge in [0.25, 0.3) is 0 Å². The van der Waals surface area contributed by atoms with Crippen LogP contribution in [0.4, 0.5) is 0 Å². The number of benzene rings is 2. The number of esters is 1. The maximum absolute atomic E-state index is 12.1. The number of carbonyl (C=O) groups excluding carboxylic acids is 1. The highest BCUT2D eigenvalue weighted by atomic mass is 16.6. The van der Waals surface area contributed by atoms with Gasteiger partial charge in [0.1, 0.15) is 0 Å². The van der Waals surface area contributed by atoms with Gasteiger partial charge in [-0.2, -0.15) is 0 Å². The summed E-state index contributed by atoms with van der Waals surface area (Å²) in [5, 5.41) is 0. The van der Waals surface area contributed by atoms with E-state index in [2.05, 4.69) is 4.99 Å². The fourth-order valence-corrected chi connectivity index (χ4v) is 2.30. The van der Waals surface area contributed by atoms with Crippen LogP contribution in [0.25, 0.3) is 0 Å². The Morgan fingerprint density at radius 2 is 1.60 bits per heavy atom. The number of nitrogens with zero attached hydrogens (tertiary/aromatic N) is 1. The predicted octanol–water partition coefficient (Wildman–Crippen LogP) is 2.99. The lowest BCUT2D eigenvalue weighted by atomic mass is 9.94. The zero-order chi connectivity index (χ0) is 14.0. The molecule has 0 radical (unpaired) electrons. The fraction of sp³-hybridized carbons (Fsp3) is 0.176. The van der Waals surface area contributed by atoms with Gasteiger partial charge in [-0.25, -0.2) is 9.79 Å². The van der Waals surface area contributed by atoms with Crippen LogP contribution in [0.3, 0.4) is 0 Å². The van der Waals surface area contributed by atoms with Gasteiger partial charge in [-0.3, -0.25) is 0 Å². The van der Waals surface area contributed by atoms with Crippen LogP contribution in [0.1, 0.15) is 18.1 Å². The molecule has 3 heteroatoms. The molecule has 2 aromatic rings. The summed E-state index contributed by atoms with van der Waals surface area (Å²) in [5.74, 6) is 0.120. The second-order valence-electron chi connectivity index (χ2n) is 5.11. The molecule has 0 unspecified atom stereocenters. The van der Waals surface area contributed by atoms with E-state index in [4.69, 9.17) is 4.74 Å². The van der Waals surface area contributed by atoms with E-state index >= 15 is 0 Å². The largest absolute Gasteiger partial charge is 0.405 e. The Bertz CT molecular complexity index is 649. The summed E-state index contributed by atoms with van der Waals surface area (Å²) in [6.45, 7) is 1.82. The third kappa shape index (κ3) is 2.35. The van der Waals surface area contributed by atoms with E-state index in [0.29, 0.717) is 12.3 Å². The third-order valence-electron chi connectivity index (χ3n) is 3.39. The van der Waals surface area contributed by atoms with Crippen LogP contribution in [-0.4, -0.2) is 17.4 Å². The first-order valence-corrected chi connectivity index (χ1v) is 6.59. The molecule has 1 atom stereocenters. The lowest BCUT2D eigenvalue weighted by Crippen LogP contribution is -2.32. The van der Waals surface area contributed by atoms with Gasteiger partial charge in [0, 0.05) is 12.0 Å². The molecule has 0 saturated carbocycles. The van der Waals surface area contributed by atoms with Crippen LogP contribution in [-0.2, 0) is 16.0 Å². The number of hydrogen-bond donors (Lipinski definition) is 0. The SMILES string of the molecule is C[C@]1(Cc2ccccc2)N=C(c2ccccc2)OC1=O. The standard InChI is InChI=1S/C17H15NO2/c1-17(12-13-8-4-2-5-9-13)16(19)20-15(18-17)14-10-6-3-7-11-14/h2-11H,12H2,1H3/t17-/m1/s1. The molecule has 0 aromatic heterocycles. The van der Waals surface area contributed by atoms with Crippen molar-refractivity contribution in [3.05, 3.63) is 71.8 Å². The van der Waals surface area contributed by atoms with Gasteiger partial charge >= 0.3 is 5.97 Å². The highest BCUT2D eigenvalue weighted by molar-refractivity contribution is 6.07. The van der Waals surface area contributed by atoms with E-state index in [1.807, 2.05) is 67.6 Å². The van der Waals surface area contributed by atoms with Crippen molar-refractivity contribution in [1.29, 1.82) is 0 Å². The molecular formula is C17H15NO2. The van der Waals surface area contributed by atoms with Gasteiger partial charge in [0.05, 0.1) is 0 Å². The molecule has 0 spiro atoms. The molecule has 0 bridgehead atoms. The molecule has 3 rings (SSSR count). The summed E-state index contributed by atoms with van der Waals surface area (Å²) in [7, 11) is 0. The molecule has 1 aliphatic rings. The van der Waals surface area contributed by atoms with Crippen molar-refractivity contribution >= 4 is 11.9 Å². The lowest BCUT2D eigenvalue weighted by molar-refractivity contribution is -0.138. The molecule has 1 aliphatic heterocycles. The molecule has 3 nitrogen and oxygen atoms in total. The fourth-order valence-electron chi connectivity index (χ4n) is 2.30. The average molecular weight is 265 g/mol. The first kappa shape index (κ1) is 12.6. The van der Waals surface area contributed by atoms with E-state index in [0.717, 1.165) is 11.1 Å². The van der Waals surface area contributed by atoms with Crippen molar-refractivity contribution in [2.75, 3.05) is 0 Å². The zero-order valence-corrected chi connectivity index (χ0v) is 11.2. The average Bonchev–Trinajstić information content (AvgIpc) is 2.77. The maximum atomic E-state index is 12.1. The Balaban J connectivity index is 1.90. The van der Waals surface area contributed by atoms with Crippen molar-refractivity contribution in [3.63, 3.8) is 0 Å². The van der Waals surface area contributed by atoms with Crippen molar-refractivity contribution in [1.82, 2.24) is 0 Å². The van der Waals surface area contributed by atoms with Crippen molar-refractivity contribution < 1.29 is 9.53 Å². The molecule has 2 aromatic carbocycles. The summed E-state index contributed by atoms with van der Waals surface area (Å²) in [4.78, 5) is 16.7. The van der Waals surface area contributed by atoms with Gasteiger partial charge in [-0.1, -0.05) is 48.5 Å². The first-order chi connectivity index (χ1) is 9.67. The molecule has 0 saturated heterocycles. The minimum atomic E-state index is -0.841. The van der Waals surface area contributed by atoms with Crippen LogP contribution < -0.4 is 0 Å². The van der Waals surface area contributed by atoms with Gasteiger partial charge in [-0.05, 0) is 24.6 Å². The van der Waals surface area contributed by atoms with E-state index in [-0.39, 0.29) is 5.97 Å². The molecule has 1 heterocycles. The molecule has 0 fully saturated rings. The van der Waals surface area contributed by atoms with Gasteiger partial charge in [0.15, 0.2) is 5.54 Å². The van der Waals surface area contributed by atoms with E-state index < -0.39 is 5.54 Å². The summed E-state index contributed by atoms with van der Waals surface area (Å²) in [6.07, 6.45) is 0.545. The topological polar surface area (TPSA) is 38.7 Å². The highest BCUT2D eigenvalue weighted by Crippen LogP contribution is 2.26. The second kappa shape index (κ2) is 4.93. The lowest BCUT2D eigenvalue weighted by Gasteiger charge is -2.15. The normalized spacial score (nSPS) is 21.4. The van der Waals surface area contributed by atoms with Crippen molar-refractivity contribution in [3.8, 4) is 0 Å².